The Morgan fingerprint density at radius 3 is 2.48 bits per heavy atom. The molecule has 1 aromatic heterocycles. The monoisotopic (exact) mass is 502 g/mol. The van der Waals surface area contributed by atoms with Crippen LogP contribution in [0.4, 0.5) is 23.2 Å². The maximum atomic E-state index is 14.9. The lowest BCUT2D eigenvalue weighted by molar-refractivity contribution is 0.116. The molecule has 2 heterocycles. The summed E-state index contributed by atoms with van der Waals surface area (Å²) < 4.78 is 88.0. The number of benzene rings is 2. The summed E-state index contributed by atoms with van der Waals surface area (Å²) in [5.74, 6) is -1.40. The lowest BCUT2D eigenvalue weighted by atomic mass is 10.1. The van der Waals surface area contributed by atoms with Gasteiger partial charge in [0, 0.05) is 35.7 Å². The molecule has 0 unspecified atom stereocenters. The van der Waals surface area contributed by atoms with Gasteiger partial charge in [0.15, 0.2) is 0 Å². The van der Waals surface area contributed by atoms with Gasteiger partial charge in [0.05, 0.1) is 12.2 Å². The first-order chi connectivity index (χ1) is 15.8. The maximum absolute atomic E-state index is 14.9. The van der Waals surface area contributed by atoms with Gasteiger partial charge in [-0.1, -0.05) is 12.1 Å². The molecule has 2 aromatic carbocycles. The number of nitrogens with zero attached hydrogens (tertiary/aromatic N) is 4. The van der Waals surface area contributed by atoms with Crippen LogP contribution in [0.5, 0.6) is 0 Å². The minimum absolute atomic E-state index is 0.00781. The summed E-state index contributed by atoms with van der Waals surface area (Å²) in [7, 11) is -4.08. The third-order valence-electron chi connectivity index (χ3n) is 4.91. The van der Waals surface area contributed by atoms with Gasteiger partial charge in [-0.15, -0.1) is 10.2 Å². The molecule has 0 radical (unpaired) electrons. The van der Waals surface area contributed by atoms with Crippen molar-refractivity contribution in [2.24, 2.45) is 0 Å². The van der Waals surface area contributed by atoms with Gasteiger partial charge in [0.1, 0.15) is 11.6 Å². The highest BCUT2D eigenvalue weighted by atomic mass is 32.2. The molecule has 0 spiro atoms. The van der Waals surface area contributed by atoms with Gasteiger partial charge in [-0.05, 0) is 30.3 Å². The van der Waals surface area contributed by atoms with E-state index in [0.717, 1.165) is 16.4 Å². The molecule has 0 atom stereocenters. The molecule has 1 aliphatic heterocycles. The predicted octanol–water partition coefficient (Wildman–Crippen LogP) is 4.25. The fourth-order valence-electron chi connectivity index (χ4n) is 3.26. The molecule has 0 amide bonds. The van der Waals surface area contributed by atoms with Crippen LogP contribution in [0.25, 0.3) is 11.5 Å². The highest BCUT2D eigenvalue weighted by molar-refractivity contribution is 7.99. The molecule has 176 valence electrons. The third kappa shape index (κ3) is 5.14. The van der Waals surface area contributed by atoms with E-state index in [1.54, 1.807) is 11.8 Å². The fraction of sp³-hybridized carbons (Fsp3) is 0.300. The molecular weight excluding hydrogens is 484 g/mol. The summed E-state index contributed by atoms with van der Waals surface area (Å²) in [5, 5.41) is 6.68. The number of halogens is 4. The number of anilines is 1. The van der Waals surface area contributed by atoms with E-state index in [1.807, 2.05) is 0 Å². The van der Waals surface area contributed by atoms with Crippen molar-refractivity contribution in [3.63, 3.8) is 0 Å². The van der Waals surface area contributed by atoms with Crippen LogP contribution in [-0.2, 0) is 16.8 Å². The van der Waals surface area contributed by atoms with Crippen LogP contribution in [0, 0.1) is 11.6 Å². The second kappa shape index (κ2) is 9.69. The second-order valence-corrected chi connectivity index (χ2v) is 10.1. The van der Waals surface area contributed by atoms with E-state index < -0.39 is 40.7 Å². The minimum Gasteiger partial charge on any atom is -0.415 e. The maximum Gasteiger partial charge on any atom is 0.314 e. The number of hydrogen-bond acceptors (Lipinski definition) is 6. The molecule has 7 nitrogen and oxygen atoms in total. The first-order valence-corrected chi connectivity index (χ1v) is 12.3. The quantitative estimate of drug-likeness (QED) is 0.450. The molecule has 4 rings (SSSR count). The highest BCUT2D eigenvalue weighted by Gasteiger charge is 2.32. The summed E-state index contributed by atoms with van der Waals surface area (Å²) in [6.45, 7) is 0.154. The Kier molecular flexibility index (Phi) is 6.91. The topological polar surface area (TPSA) is 79.5 Å². The van der Waals surface area contributed by atoms with E-state index in [4.69, 9.17) is 4.42 Å². The molecule has 1 saturated heterocycles. The van der Waals surface area contributed by atoms with Gasteiger partial charge < -0.3 is 4.42 Å². The van der Waals surface area contributed by atoms with E-state index in [-0.39, 0.29) is 35.8 Å². The van der Waals surface area contributed by atoms with Crippen molar-refractivity contribution < 1.29 is 30.4 Å². The zero-order valence-corrected chi connectivity index (χ0v) is 18.6. The Bertz CT molecular complexity index is 1230. The van der Waals surface area contributed by atoms with Crippen LogP contribution in [-0.4, -0.2) is 47.5 Å². The van der Waals surface area contributed by atoms with E-state index >= 15 is 0 Å². The third-order valence-corrected chi connectivity index (χ3v) is 7.77. The van der Waals surface area contributed by atoms with Gasteiger partial charge in [-0.25, -0.2) is 8.78 Å². The molecular formula is C20H18F4N4O3S2. The SMILES string of the molecule is O=S(=O)(N1CCSCC1)N(Cc1ccc(-c2nnc(C(F)F)o2)cc1F)c1cccc(F)c1. The van der Waals surface area contributed by atoms with Crippen LogP contribution in [0.15, 0.2) is 46.9 Å². The molecule has 1 fully saturated rings. The van der Waals surface area contributed by atoms with Crippen molar-refractivity contribution in [2.75, 3.05) is 28.9 Å². The molecule has 0 N–H and O–H groups in total. The summed E-state index contributed by atoms with van der Waals surface area (Å²) in [6.07, 6.45) is -2.96. The van der Waals surface area contributed by atoms with Gasteiger partial charge in [-0.3, -0.25) is 4.31 Å². The minimum atomic E-state index is -4.08. The number of aromatic nitrogens is 2. The summed E-state index contributed by atoms with van der Waals surface area (Å²) in [4.78, 5) is 0. The highest BCUT2D eigenvalue weighted by Crippen LogP contribution is 2.29. The van der Waals surface area contributed by atoms with Crippen LogP contribution in [0.1, 0.15) is 17.9 Å². The van der Waals surface area contributed by atoms with E-state index in [0.29, 0.717) is 11.5 Å². The lowest BCUT2D eigenvalue weighted by Crippen LogP contribution is -2.47. The Balaban J connectivity index is 1.67. The van der Waals surface area contributed by atoms with E-state index in [9.17, 15) is 26.0 Å². The van der Waals surface area contributed by atoms with Crippen LogP contribution in [0.3, 0.4) is 0 Å². The first kappa shape index (κ1) is 23.5. The van der Waals surface area contributed by atoms with Crippen LogP contribution < -0.4 is 4.31 Å². The van der Waals surface area contributed by atoms with Crippen molar-refractivity contribution in [1.29, 1.82) is 0 Å². The molecule has 33 heavy (non-hydrogen) atoms. The van der Waals surface area contributed by atoms with Gasteiger partial charge in [0.25, 0.3) is 5.89 Å². The van der Waals surface area contributed by atoms with Crippen molar-refractivity contribution in [3.8, 4) is 11.5 Å². The number of alkyl halides is 2. The second-order valence-electron chi connectivity index (χ2n) is 7.06. The zero-order valence-electron chi connectivity index (χ0n) is 17.0. The first-order valence-electron chi connectivity index (χ1n) is 9.77. The standard InChI is InChI=1S/C20H18F4N4O3S2/c21-15-2-1-3-16(11-15)28(33(29,30)27-6-8-32-9-7-27)12-14-5-4-13(10-17(14)22)19-25-26-20(31-19)18(23)24/h1-5,10-11,18H,6-9,12H2. The lowest BCUT2D eigenvalue weighted by Gasteiger charge is -2.33. The molecule has 1 aliphatic rings. The van der Waals surface area contributed by atoms with Crippen molar-refractivity contribution in [1.82, 2.24) is 14.5 Å². The largest absolute Gasteiger partial charge is 0.415 e. The van der Waals surface area contributed by atoms with Gasteiger partial charge in [-0.2, -0.15) is 33.3 Å². The van der Waals surface area contributed by atoms with Gasteiger partial charge >= 0.3 is 16.6 Å². The number of rotatable bonds is 7. The predicted molar refractivity (Wildman–Crippen MR) is 115 cm³/mol. The molecule has 3 aromatic rings. The summed E-state index contributed by atoms with van der Waals surface area (Å²) in [6, 6.07) is 8.68. The Hall–Kier alpha value is -2.64. The molecule has 0 aliphatic carbocycles. The Morgan fingerprint density at radius 1 is 1.09 bits per heavy atom. The summed E-state index contributed by atoms with van der Waals surface area (Å²) in [5.41, 5.74) is 0.102. The van der Waals surface area contributed by atoms with E-state index in [1.165, 1.54) is 34.6 Å². The smallest absolute Gasteiger partial charge is 0.314 e. The molecule has 0 bridgehead atoms. The van der Waals surface area contributed by atoms with Crippen molar-refractivity contribution in [2.45, 2.75) is 13.0 Å². The average molecular weight is 503 g/mol. The molecule has 13 heteroatoms. The average Bonchev–Trinajstić information content (AvgIpc) is 3.29. The van der Waals surface area contributed by atoms with Crippen LogP contribution in [0.2, 0.25) is 0 Å². The van der Waals surface area contributed by atoms with Gasteiger partial charge in [0.2, 0.25) is 5.89 Å². The van der Waals surface area contributed by atoms with Crippen molar-refractivity contribution in [3.05, 3.63) is 65.6 Å². The van der Waals surface area contributed by atoms with Crippen molar-refractivity contribution >= 4 is 27.7 Å². The number of hydrogen-bond donors (Lipinski definition) is 0. The Labute approximate surface area is 191 Å². The van der Waals surface area contributed by atoms with Crippen LogP contribution >= 0.6 is 11.8 Å². The van der Waals surface area contributed by atoms with E-state index in [2.05, 4.69) is 10.2 Å². The zero-order chi connectivity index (χ0) is 23.6. The molecule has 0 saturated carbocycles. The fourth-order valence-corrected chi connectivity index (χ4v) is 6.00. The normalized spacial score (nSPS) is 15.2. The Morgan fingerprint density at radius 2 is 1.85 bits per heavy atom. The summed E-state index contributed by atoms with van der Waals surface area (Å²) >= 11 is 1.62. The number of thioether (sulfide) groups is 1.